The summed E-state index contributed by atoms with van der Waals surface area (Å²) in [4.78, 5) is 4.95. The van der Waals surface area contributed by atoms with Gasteiger partial charge in [-0.25, -0.2) is 16.8 Å². The lowest BCUT2D eigenvalue weighted by molar-refractivity contribution is 0.599. The van der Waals surface area contributed by atoms with Crippen LogP contribution in [0.1, 0.15) is 16.7 Å². The Kier molecular flexibility index (Phi) is 9.46. The lowest BCUT2D eigenvalue weighted by atomic mass is 10.1. The normalized spacial score (nSPS) is 12.2. The molecule has 0 saturated heterocycles. The number of nitrogens with one attached hydrogen (secondary N) is 3. The van der Waals surface area contributed by atoms with Gasteiger partial charge in [-0.2, -0.15) is 0 Å². The minimum Gasteiger partial charge on any atom is -0.359 e. The largest absolute Gasteiger partial charge is 0.359 e. The maximum Gasteiger partial charge on any atom is 0.261 e. The van der Waals surface area contributed by atoms with Crippen LogP contribution in [0.25, 0.3) is 5.57 Å². The Morgan fingerprint density at radius 2 is 1.02 bits per heavy atom. The molecule has 5 aromatic rings. The molecule has 10 heteroatoms. The Hall–Kier alpha value is -5.19. The van der Waals surface area contributed by atoms with E-state index in [-0.39, 0.29) is 9.79 Å². The predicted molar refractivity (Wildman–Crippen MR) is 183 cm³/mol. The van der Waals surface area contributed by atoms with Gasteiger partial charge in [-0.05, 0) is 67.9 Å². The van der Waals surface area contributed by atoms with Crippen LogP contribution < -0.4 is 14.8 Å². The van der Waals surface area contributed by atoms with Gasteiger partial charge in [0, 0.05) is 18.0 Å². The molecule has 0 aliphatic heterocycles. The van der Waals surface area contributed by atoms with E-state index in [9.17, 15) is 16.8 Å². The second kappa shape index (κ2) is 13.6. The molecule has 0 atom stereocenters. The molecule has 0 spiro atoms. The summed E-state index contributed by atoms with van der Waals surface area (Å²) < 4.78 is 57.7. The predicted octanol–water partition coefficient (Wildman–Crippen LogP) is 7.76. The standard InChI is InChI=1S/C35H32N4O4S2/c1-26-16-20-30(21-17-26)44(40,41)38-34-14-8-6-12-32(34)36-24-29(28-10-4-3-5-11-28)25-37-33-13-7-9-15-35(33)39-45(42,43)31-22-18-27(2)19-23-31/h3-25,36,38-39H,1-2H3/b29-24-,37-25?. The highest BCUT2D eigenvalue weighted by Crippen LogP contribution is 2.29. The first-order chi connectivity index (χ1) is 21.6. The fraction of sp³-hybridized carbons (Fsp3) is 0.0571. The van der Waals surface area contributed by atoms with E-state index >= 15 is 0 Å². The first kappa shape index (κ1) is 31.2. The van der Waals surface area contributed by atoms with Crippen molar-refractivity contribution in [2.24, 2.45) is 4.99 Å². The van der Waals surface area contributed by atoms with Crippen LogP contribution in [0.2, 0.25) is 0 Å². The lowest BCUT2D eigenvalue weighted by Crippen LogP contribution is -2.14. The van der Waals surface area contributed by atoms with Gasteiger partial charge in [0.05, 0.1) is 32.5 Å². The highest BCUT2D eigenvalue weighted by Gasteiger charge is 2.17. The number of para-hydroxylation sites is 4. The summed E-state index contributed by atoms with van der Waals surface area (Å²) in [6, 6.07) is 36.6. The van der Waals surface area contributed by atoms with Crippen LogP contribution >= 0.6 is 0 Å². The molecule has 0 aromatic heterocycles. The fourth-order valence-corrected chi connectivity index (χ4v) is 6.49. The summed E-state index contributed by atoms with van der Waals surface area (Å²) >= 11 is 0. The molecule has 228 valence electrons. The zero-order valence-corrected chi connectivity index (χ0v) is 26.3. The van der Waals surface area contributed by atoms with E-state index < -0.39 is 20.0 Å². The van der Waals surface area contributed by atoms with E-state index in [4.69, 9.17) is 0 Å². The molecule has 0 amide bonds. The van der Waals surface area contributed by atoms with Gasteiger partial charge in [0.2, 0.25) is 0 Å². The van der Waals surface area contributed by atoms with Gasteiger partial charge in [0.1, 0.15) is 0 Å². The van der Waals surface area contributed by atoms with Crippen molar-refractivity contribution in [2.75, 3.05) is 14.8 Å². The summed E-state index contributed by atoms with van der Waals surface area (Å²) in [6.45, 7) is 3.79. The third kappa shape index (κ3) is 8.05. The highest BCUT2D eigenvalue weighted by atomic mass is 32.2. The molecule has 0 fully saturated rings. The summed E-state index contributed by atoms with van der Waals surface area (Å²) in [5.41, 5.74) is 5.07. The number of nitrogens with zero attached hydrogens (tertiary/aromatic N) is 1. The van der Waals surface area contributed by atoms with Crippen LogP contribution in [0.5, 0.6) is 0 Å². The third-order valence-electron chi connectivity index (χ3n) is 6.82. The summed E-state index contributed by atoms with van der Waals surface area (Å²) in [7, 11) is -7.66. The first-order valence-corrected chi connectivity index (χ1v) is 17.0. The number of aliphatic imine (C=N–C) groups is 1. The highest BCUT2D eigenvalue weighted by molar-refractivity contribution is 7.93. The minimum atomic E-state index is -3.84. The van der Waals surface area contributed by atoms with Crippen LogP contribution in [0, 0.1) is 13.8 Å². The van der Waals surface area contributed by atoms with Crippen molar-refractivity contribution in [3.05, 3.63) is 150 Å². The topological polar surface area (TPSA) is 117 Å². The average molecular weight is 637 g/mol. The molecule has 5 aromatic carbocycles. The number of rotatable bonds is 11. The molecule has 0 radical (unpaired) electrons. The van der Waals surface area contributed by atoms with Crippen molar-refractivity contribution in [1.29, 1.82) is 0 Å². The fourth-order valence-electron chi connectivity index (χ4n) is 4.33. The van der Waals surface area contributed by atoms with Crippen molar-refractivity contribution < 1.29 is 16.8 Å². The Balaban J connectivity index is 1.43. The van der Waals surface area contributed by atoms with Gasteiger partial charge in [-0.1, -0.05) is 90.0 Å². The second-order valence-electron chi connectivity index (χ2n) is 10.3. The summed E-state index contributed by atoms with van der Waals surface area (Å²) in [5.74, 6) is 0. The van der Waals surface area contributed by atoms with Crippen molar-refractivity contribution in [1.82, 2.24) is 0 Å². The SMILES string of the molecule is Cc1ccc(S(=O)(=O)Nc2ccccc2N=C/C(=C/Nc2ccccc2NS(=O)(=O)c2ccc(C)cc2)c2ccccc2)cc1. The van der Waals surface area contributed by atoms with Crippen molar-refractivity contribution in [2.45, 2.75) is 23.6 Å². The molecule has 0 aliphatic rings. The minimum absolute atomic E-state index is 0.151. The van der Waals surface area contributed by atoms with Crippen molar-refractivity contribution >= 4 is 54.6 Å². The third-order valence-corrected chi connectivity index (χ3v) is 9.58. The number of aryl methyl sites for hydroxylation is 2. The monoisotopic (exact) mass is 636 g/mol. The van der Waals surface area contributed by atoms with Gasteiger partial charge >= 0.3 is 0 Å². The van der Waals surface area contributed by atoms with Crippen molar-refractivity contribution in [3.63, 3.8) is 0 Å². The molecule has 45 heavy (non-hydrogen) atoms. The molecule has 8 nitrogen and oxygen atoms in total. The van der Waals surface area contributed by atoms with Crippen LogP contribution in [0.15, 0.2) is 148 Å². The van der Waals surface area contributed by atoms with Gasteiger partial charge < -0.3 is 5.32 Å². The van der Waals surface area contributed by atoms with E-state index in [1.54, 1.807) is 109 Å². The van der Waals surface area contributed by atoms with Gasteiger partial charge in [0.25, 0.3) is 20.0 Å². The quantitative estimate of drug-likeness (QED) is 0.128. The maximum atomic E-state index is 13.1. The Morgan fingerprint density at radius 1 is 0.556 bits per heavy atom. The smallest absolute Gasteiger partial charge is 0.261 e. The number of hydrogen-bond donors (Lipinski definition) is 3. The molecule has 0 heterocycles. The van der Waals surface area contributed by atoms with Crippen LogP contribution in [0.3, 0.4) is 0 Å². The number of benzene rings is 5. The van der Waals surface area contributed by atoms with E-state index in [0.29, 0.717) is 28.3 Å². The van der Waals surface area contributed by atoms with E-state index in [2.05, 4.69) is 19.8 Å². The van der Waals surface area contributed by atoms with Crippen LogP contribution in [-0.4, -0.2) is 23.1 Å². The average Bonchev–Trinajstić information content (AvgIpc) is 3.03. The lowest BCUT2D eigenvalue weighted by Gasteiger charge is -2.13. The molecule has 0 aliphatic carbocycles. The molecule has 0 unspecified atom stereocenters. The van der Waals surface area contributed by atoms with E-state index in [0.717, 1.165) is 16.7 Å². The first-order valence-electron chi connectivity index (χ1n) is 14.0. The zero-order valence-electron chi connectivity index (χ0n) is 24.7. The molecule has 0 saturated carbocycles. The van der Waals surface area contributed by atoms with E-state index in [1.165, 1.54) is 0 Å². The molecular weight excluding hydrogens is 605 g/mol. The Labute approximate surface area is 264 Å². The van der Waals surface area contributed by atoms with Crippen molar-refractivity contribution in [3.8, 4) is 0 Å². The molecule has 0 bridgehead atoms. The van der Waals surface area contributed by atoms with Gasteiger partial charge in [-0.3, -0.25) is 14.4 Å². The van der Waals surface area contributed by atoms with Gasteiger partial charge in [0.15, 0.2) is 0 Å². The second-order valence-corrected chi connectivity index (χ2v) is 13.6. The van der Waals surface area contributed by atoms with Gasteiger partial charge in [-0.15, -0.1) is 0 Å². The summed E-state index contributed by atoms with van der Waals surface area (Å²) in [6.07, 6.45) is 3.34. The maximum absolute atomic E-state index is 13.1. The number of allylic oxidation sites excluding steroid dienone is 1. The number of hydrogen-bond acceptors (Lipinski definition) is 6. The number of sulfonamides is 2. The van der Waals surface area contributed by atoms with Crippen LogP contribution in [-0.2, 0) is 20.0 Å². The Morgan fingerprint density at radius 3 is 1.60 bits per heavy atom. The zero-order chi connectivity index (χ0) is 31.9. The molecule has 3 N–H and O–H groups in total. The molecule has 5 rings (SSSR count). The number of anilines is 3. The Bertz CT molecular complexity index is 2060. The van der Waals surface area contributed by atoms with E-state index in [1.807, 2.05) is 44.2 Å². The molecular formula is C35H32N4O4S2. The summed E-state index contributed by atoms with van der Waals surface area (Å²) in [5, 5.41) is 3.22. The van der Waals surface area contributed by atoms with Crippen LogP contribution in [0.4, 0.5) is 22.7 Å².